The molecule has 0 fully saturated rings. The zero-order valence-electron chi connectivity index (χ0n) is 9.08. The Balaban J connectivity index is 2.24. The summed E-state index contributed by atoms with van der Waals surface area (Å²) in [6.07, 6.45) is 0. The topological polar surface area (TPSA) is 29.1 Å². The Bertz CT molecular complexity index is 601. The second kappa shape index (κ2) is 5.63. The van der Waals surface area contributed by atoms with Crippen LogP contribution in [0.15, 0.2) is 51.4 Å². The van der Waals surface area contributed by atoms with Gasteiger partial charge in [-0.25, -0.2) is 4.39 Å². The summed E-state index contributed by atoms with van der Waals surface area (Å²) < 4.78 is 14.5. The van der Waals surface area contributed by atoms with Gasteiger partial charge < -0.3 is 5.32 Å². The van der Waals surface area contributed by atoms with Gasteiger partial charge in [-0.1, -0.05) is 22.0 Å². The molecule has 2 aromatic carbocycles. The molecule has 0 aliphatic heterocycles. The number of nitrogens with one attached hydrogen (secondary N) is 1. The van der Waals surface area contributed by atoms with Gasteiger partial charge in [-0.15, -0.1) is 0 Å². The summed E-state index contributed by atoms with van der Waals surface area (Å²) in [5, 5.41) is 2.64. The normalized spacial score (nSPS) is 10.2. The van der Waals surface area contributed by atoms with Crippen molar-refractivity contribution in [2.45, 2.75) is 0 Å². The van der Waals surface area contributed by atoms with Crippen LogP contribution in [0.1, 0.15) is 10.4 Å². The van der Waals surface area contributed by atoms with Crippen LogP contribution in [0.2, 0.25) is 0 Å². The second-order valence-electron chi connectivity index (χ2n) is 3.59. The number of carbonyl (C=O) groups is 1. The van der Waals surface area contributed by atoms with Crippen molar-refractivity contribution >= 4 is 43.5 Å². The van der Waals surface area contributed by atoms with Crippen LogP contribution < -0.4 is 5.32 Å². The maximum Gasteiger partial charge on any atom is 0.256 e. The first-order valence-electron chi connectivity index (χ1n) is 5.08. The summed E-state index contributed by atoms with van der Waals surface area (Å²) in [6, 6.07) is 11.1. The molecule has 1 amide bonds. The minimum absolute atomic E-state index is 0.297. The van der Waals surface area contributed by atoms with Gasteiger partial charge in [0.05, 0.1) is 5.56 Å². The average molecular weight is 373 g/mol. The summed E-state index contributed by atoms with van der Waals surface area (Å²) in [5.41, 5.74) is 0.903. The van der Waals surface area contributed by atoms with E-state index in [1.54, 1.807) is 24.3 Å². The van der Waals surface area contributed by atoms with E-state index in [-0.39, 0.29) is 11.7 Å². The molecule has 0 heterocycles. The number of anilines is 1. The van der Waals surface area contributed by atoms with Gasteiger partial charge in [0.2, 0.25) is 0 Å². The van der Waals surface area contributed by atoms with Crippen LogP contribution in [-0.4, -0.2) is 5.91 Å². The summed E-state index contributed by atoms with van der Waals surface area (Å²) in [4.78, 5) is 12.0. The lowest BCUT2D eigenvalue weighted by molar-refractivity contribution is 0.102. The first-order chi connectivity index (χ1) is 8.56. The van der Waals surface area contributed by atoms with Crippen molar-refractivity contribution in [3.63, 3.8) is 0 Å². The molecule has 0 atom stereocenters. The van der Waals surface area contributed by atoms with Crippen molar-refractivity contribution in [3.05, 3.63) is 62.8 Å². The van der Waals surface area contributed by atoms with E-state index in [1.807, 2.05) is 6.07 Å². The maximum atomic E-state index is 13.0. The van der Waals surface area contributed by atoms with Gasteiger partial charge in [0.15, 0.2) is 0 Å². The van der Waals surface area contributed by atoms with Crippen LogP contribution in [0, 0.1) is 5.82 Å². The molecule has 0 spiro atoms. The van der Waals surface area contributed by atoms with Gasteiger partial charge >= 0.3 is 0 Å². The molecule has 0 saturated heterocycles. The van der Waals surface area contributed by atoms with Crippen molar-refractivity contribution in [3.8, 4) is 0 Å². The van der Waals surface area contributed by atoms with Crippen LogP contribution in [0.4, 0.5) is 10.1 Å². The van der Waals surface area contributed by atoms with Crippen molar-refractivity contribution in [1.29, 1.82) is 0 Å². The minimum Gasteiger partial charge on any atom is -0.322 e. The van der Waals surface area contributed by atoms with Gasteiger partial charge in [-0.2, -0.15) is 0 Å². The van der Waals surface area contributed by atoms with Crippen molar-refractivity contribution < 1.29 is 9.18 Å². The molecule has 0 bridgehead atoms. The van der Waals surface area contributed by atoms with Crippen molar-refractivity contribution in [2.24, 2.45) is 0 Å². The molecular weight excluding hydrogens is 365 g/mol. The Labute approximate surface area is 120 Å². The molecule has 18 heavy (non-hydrogen) atoms. The molecule has 1 N–H and O–H groups in total. The Morgan fingerprint density at radius 3 is 2.61 bits per heavy atom. The number of hydrogen-bond donors (Lipinski definition) is 1. The highest BCUT2D eigenvalue weighted by Crippen LogP contribution is 2.22. The zero-order chi connectivity index (χ0) is 13.1. The fraction of sp³-hybridized carbons (Fsp3) is 0. The Morgan fingerprint density at radius 1 is 1.11 bits per heavy atom. The average Bonchev–Trinajstić information content (AvgIpc) is 2.32. The predicted octanol–water partition coefficient (Wildman–Crippen LogP) is 4.60. The third-order valence-electron chi connectivity index (χ3n) is 2.26. The first-order valence-corrected chi connectivity index (χ1v) is 6.67. The van der Waals surface area contributed by atoms with Gasteiger partial charge in [-0.05, 0) is 52.3 Å². The molecule has 0 unspecified atom stereocenters. The van der Waals surface area contributed by atoms with E-state index < -0.39 is 0 Å². The Kier molecular flexibility index (Phi) is 4.14. The molecule has 0 aliphatic carbocycles. The van der Waals surface area contributed by atoms with E-state index >= 15 is 0 Å². The van der Waals surface area contributed by atoms with E-state index in [1.165, 1.54) is 12.1 Å². The van der Waals surface area contributed by atoms with E-state index in [2.05, 4.69) is 37.2 Å². The monoisotopic (exact) mass is 371 g/mol. The quantitative estimate of drug-likeness (QED) is 0.819. The first kappa shape index (κ1) is 13.2. The fourth-order valence-corrected chi connectivity index (χ4v) is 2.22. The highest BCUT2D eigenvalue weighted by Gasteiger charge is 2.11. The van der Waals surface area contributed by atoms with Crippen molar-refractivity contribution in [2.75, 3.05) is 5.32 Å². The van der Waals surface area contributed by atoms with Crippen LogP contribution in [0.3, 0.4) is 0 Å². The van der Waals surface area contributed by atoms with Gasteiger partial charge in [0, 0.05) is 14.6 Å². The van der Waals surface area contributed by atoms with Gasteiger partial charge in [-0.3, -0.25) is 4.79 Å². The van der Waals surface area contributed by atoms with Crippen LogP contribution >= 0.6 is 31.9 Å². The third-order valence-corrected chi connectivity index (χ3v) is 3.44. The molecule has 5 heteroatoms. The molecule has 0 radical (unpaired) electrons. The molecule has 2 nitrogen and oxygen atoms in total. The largest absolute Gasteiger partial charge is 0.322 e. The van der Waals surface area contributed by atoms with E-state index in [4.69, 9.17) is 0 Å². The highest BCUT2D eigenvalue weighted by atomic mass is 79.9. The lowest BCUT2D eigenvalue weighted by atomic mass is 10.2. The highest BCUT2D eigenvalue weighted by molar-refractivity contribution is 9.11. The number of benzene rings is 2. The van der Waals surface area contributed by atoms with Crippen LogP contribution in [-0.2, 0) is 0 Å². The summed E-state index contributed by atoms with van der Waals surface area (Å²) in [6.45, 7) is 0. The number of rotatable bonds is 2. The molecule has 2 rings (SSSR count). The molecule has 0 aromatic heterocycles. The lowest BCUT2D eigenvalue weighted by Gasteiger charge is -2.07. The summed E-state index contributed by atoms with van der Waals surface area (Å²) >= 11 is 6.60. The van der Waals surface area contributed by atoms with Gasteiger partial charge in [0.1, 0.15) is 5.82 Å². The molecule has 0 saturated carbocycles. The number of halogens is 3. The van der Waals surface area contributed by atoms with Crippen molar-refractivity contribution in [1.82, 2.24) is 0 Å². The summed E-state index contributed by atoms with van der Waals surface area (Å²) in [5.74, 6) is -0.685. The van der Waals surface area contributed by atoms with E-state index in [9.17, 15) is 9.18 Å². The molecule has 92 valence electrons. The fourth-order valence-electron chi connectivity index (χ4n) is 1.44. The predicted molar refractivity (Wildman–Crippen MR) is 76.2 cm³/mol. The maximum absolute atomic E-state index is 13.0. The SMILES string of the molecule is O=C(Nc1cccc(F)c1)c1cc(Br)ccc1Br. The second-order valence-corrected chi connectivity index (χ2v) is 5.36. The standard InChI is InChI=1S/C13H8Br2FNO/c14-8-4-5-12(15)11(6-8)13(18)17-10-3-1-2-9(16)7-10/h1-7H,(H,17,18). The minimum atomic E-state index is -0.388. The smallest absolute Gasteiger partial charge is 0.256 e. The Morgan fingerprint density at radius 2 is 1.89 bits per heavy atom. The Hall–Kier alpha value is -1.20. The number of amides is 1. The van der Waals surface area contributed by atoms with Crippen LogP contribution in [0.5, 0.6) is 0 Å². The zero-order valence-corrected chi connectivity index (χ0v) is 12.3. The number of hydrogen-bond acceptors (Lipinski definition) is 1. The molecular formula is C13H8Br2FNO. The van der Waals surface area contributed by atoms with E-state index in [0.29, 0.717) is 15.7 Å². The van der Waals surface area contributed by atoms with Gasteiger partial charge in [0.25, 0.3) is 5.91 Å². The third kappa shape index (κ3) is 3.17. The molecule has 0 aliphatic rings. The van der Waals surface area contributed by atoms with Crippen LogP contribution in [0.25, 0.3) is 0 Å². The summed E-state index contributed by atoms with van der Waals surface area (Å²) in [7, 11) is 0. The number of carbonyl (C=O) groups excluding carboxylic acids is 1. The van der Waals surface area contributed by atoms with E-state index in [0.717, 1.165) is 4.47 Å². The lowest BCUT2D eigenvalue weighted by Crippen LogP contribution is -2.12. The molecule has 2 aromatic rings.